The maximum Gasteiger partial charge on any atom is 0.574 e. The molecule has 0 atom stereocenters. The molecule has 4 nitrogen and oxygen atoms in total. The van der Waals surface area contributed by atoms with Crippen molar-refractivity contribution in [3.8, 4) is 5.88 Å². The average molecular weight is 378 g/mol. The molecule has 0 radical (unpaired) electrons. The van der Waals surface area contributed by atoms with Crippen LogP contribution in [0, 0.1) is 0 Å². The zero-order chi connectivity index (χ0) is 16.6. The second-order valence-electron chi connectivity index (χ2n) is 3.41. The summed E-state index contributed by atoms with van der Waals surface area (Å²) >= 11 is 5.25. The standard InChI is InChI=1S/C8H3Cl2F6NO3S/c9-2-3-1-4(20-8(14,15)16)17-6(7(11,12)13)5(3)21(10,18)19/h1H,2H2. The van der Waals surface area contributed by atoms with Crippen molar-refractivity contribution in [2.24, 2.45) is 0 Å². The molecular weight excluding hydrogens is 375 g/mol. The fourth-order valence-corrected chi connectivity index (χ4v) is 2.94. The Morgan fingerprint density at radius 2 is 1.71 bits per heavy atom. The lowest BCUT2D eigenvalue weighted by Crippen LogP contribution is -2.21. The van der Waals surface area contributed by atoms with E-state index in [4.69, 9.17) is 22.3 Å². The lowest BCUT2D eigenvalue weighted by molar-refractivity contribution is -0.276. The highest BCUT2D eigenvalue weighted by Crippen LogP contribution is 2.38. The maximum absolute atomic E-state index is 12.7. The minimum Gasteiger partial charge on any atom is -0.388 e. The molecule has 1 rings (SSSR count). The second kappa shape index (κ2) is 5.69. The van der Waals surface area contributed by atoms with Crippen LogP contribution >= 0.6 is 22.3 Å². The molecule has 0 aliphatic rings. The van der Waals surface area contributed by atoms with Crippen LogP contribution in [0.5, 0.6) is 5.88 Å². The summed E-state index contributed by atoms with van der Waals surface area (Å²) in [6, 6.07) is 0.311. The Balaban J connectivity index is 3.67. The third-order valence-electron chi connectivity index (χ3n) is 1.90. The second-order valence-corrected chi connectivity index (χ2v) is 6.18. The molecule has 0 saturated heterocycles. The van der Waals surface area contributed by atoms with Crippen molar-refractivity contribution >= 4 is 31.3 Å². The SMILES string of the molecule is O=S(=O)(Cl)c1c(CCl)cc(OC(F)(F)F)nc1C(F)(F)F. The fraction of sp³-hybridized carbons (Fsp3) is 0.375. The van der Waals surface area contributed by atoms with Gasteiger partial charge in [0.05, 0.1) is 0 Å². The monoisotopic (exact) mass is 377 g/mol. The van der Waals surface area contributed by atoms with E-state index in [9.17, 15) is 34.8 Å². The third kappa shape index (κ3) is 4.78. The molecule has 0 amide bonds. The Hall–Kier alpha value is -0.940. The summed E-state index contributed by atoms with van der Waals surface area (Å²) in [4.78, 5) is 1.00. The molecule has 0 aliphatic carbocycles. The van der Waals surface area contributed by atoms with Gasteiger partial charge in [0, 0.05) is 22.6 Å². The molecule has 0 unspecified atom stereocenters. The molecule has 1 heterocycles. The molecule has 1 aromatic heterocycles. The van der Waals surface area contributed by atoms with E-state index in [0.29, 0.717) is 6.07 Å². The molecular formula is C8H3Cl2F6NO3S. The number of hydrogen-bond acceptors (Lipinski definition) is 4. The van der Waals surface area contributed by atoms with Crippen molar-refractivity contribution in [3.63, 3.8) is 0 Å². The summed E-state index contributed by atoms with van der Waals surface area (Å²) in [5.41, 5.74) is -2.97. The average Bonchev–Trinajstić information content (AvgIpc) is 2.22. The van der Waals surface area contributed by atoms with Crippen molar-refractivity contribution in [1.82, 2.24) is 4.98 Å². The number of pyridine rings is 1. The molecule has 120 valence electrons. The van der Waals surface area contributed by atoms with E-state index in [-0.39, 0.29) is 0 Å². The van der Waals surface area contributed by atoms with E-state index in [0.717, 1.165) is 0 Å². The van der Waals surface area contributed by atoms with Crippen molar-refractivity contribution in [1.29, 1.82) is 0 Å². The first-order chi connectivity index (χ1) is 9.25. The van der Waals surface area contributed by atoms with Crippen LogP contribution in [0.25, 0.3) is 0 Å². The van der Waals surface area contributed by atoms with Crippen LogP contribution in [0.2, 0.25) is 0 Å². The topological polar surface area (TPSA) is 56.3 Å². The van der Waals surface area contributed by atoms with E-state index >= 15 is 0 Å². The van der Waals surface area contributed by atoms with Gasteiger partial charge in [-0.1, -0.05) is 0 Å². The molecule has 0 fully saturated rings. The highest BCUT2D eigenvalue weighted by atomic mass is 35.7. The van der Waals surface area contributed by atoms with E-state index < -0.39 is 49.5 Å². The maximum atomic E-state index is 12.7. The minimum atomic E-state index is -5.39. The molecule has 0 saturated carbocycles. The Labute approximate surface area is 123 Å². The lowest BCUT2D eigenvalue weighted by atomic mass is 10.2. The van der Waals surface area contributed by atoms with Gasteiger partial charge in [-0.2, -0.15) is 13.2 Å². The van der Waals surface area contributed by atoms with Crippen LogP contribution in [-0.4, -0.2) is 19.8 Å². The normalized spacial score (nSPS) is 13.3. The quantitative estimate of drug-likeness (QED) is 0.458. The van der Waals surface area contributed by atoms with Gasteiger partial charge >= 0.3 is 12.5 Å². The van der Waals surface area contributed by atoms with Gasteiger partial charge < -0.3 is 4.74 Å². The first-order valence-corrected chi connectivity index (χ1v) is 7.47. The summed E-state index contributed by atoms with van der Waals surface area (Å²) in [5.74, 6) is -2.37. The van der Waals surface area contributed by atoms with E-state index in [1.165, 1.54) is 0 Å². The predicted molar refractivity (Wildman–Crippen MR) is 58.5 cm³/mol. The minimum absolute atomic E-state index is 0.311. The van der Waals surface area contributed by atoms with Gasteiger partial charge in [-0.15, -0.1) is 24.8 Å². The number of hydrogen-bond donors (Lipinski definition) is 0. The van der Waals surface area contributed by atoms with Gasteiger partial charge in [-0.3, -0.25) is 0 Å². The Kier molecular flexibility index (Phi) is 4.91. The molecule has 0 spiro atoms. The van der Waals surface area contributed by atoms with Gasteiger partial charge in [-0.25, -0.2) is 13.4 Å². The molecule has 0 aromatic carbocycles. The van der Waals surface area contributed by atoms with Gasteiger partial charge in [0.15, 0.2) is 5.69 Å². The highest BCUT2D eigenvalue weighted by molar-refractivity contribution is 8.13. The summed E-state index contributed by atoms with van der Waals surface area (Å²) in [5, 5.41) is 0. The summed E-state index contributed by atoms with van der Waals surface area (Å²) in [6.45, 7) is 0. The first kappa shape index (κ1) is 18.1. The number of ether oxygens (including phenoxy) is 1. The molecule has 0 N–H and O–H groups in total. The van der Waals surface area contributed by atoms with Gasteiger partial charge in [-0.05, 0) is 5.56 Å². The number of alkyl halides is 7. The zero-order valence-electron chi connectivity index (χ0n) is 9.39. The summed E-state index contributed by atoms with van der Waals surface area (Å²) in [7, 11) is -0.102. The lowest BCUT2D eigenvalue weighted by Gasteiger charge is -2.15. The van der Waals surface area contributed by atoms with Crippen LogP contribution in [0.3, 0.4) is 0 Å². The number of halogens is 8. The van der Waals surface area contributed by atoms with Crippen LogP contribution in [0.15, 0.2) is 11.0 Å². The molecule has 1 aromatic rings. The van der Waals surface area contributed by atoms with Crippen molar-refractivity contribution in [2.45, 2.75) is 23.3 Å². The van der Waals surface area contributed by atoms with Crippen LogP contribution in [-0.2, 0) is 21.1 Å². The van der Waals surface area contributed by atoms with E-state index in [1.807, 2.05) is 0 Å². The van der Waals surface area contributed by atoms with Crippen molar-refractivity contribution < 1.29 is 39.5 Å². The van der Waals surface area contributed by atoms with Crippen molar-refractivity contribution in [3.05, 3.63) is 17.3 Å². The molecule has 0 bridgehead atoms. The first-order valence-electron chi connectivity index (χ1n) is 4.63. The fourth-order valence-electron chi connectivity index (χ4n) is 1.29. The number of aromatic nitrogens is 1. The Morgan fingerprint density at radius 1 is 1.19 bits per heavy atom. The van der Waals surface area contributed by atoms with Gasteiger partial charge in [0.1, 0.15) is 4.90 Å². The Bertz CT molecular complexity index is 643. The summed E-state index contributed by atoms with van der Waals surface area (Å²) < 4.78 is 99.9. The van der Waals surface area contributed by atoms with Crippen LogP contribution in [0.4, 0.5) is 26.3 Å². The van der Waals surface area contributed by atoms with Crippen LogP contribution in [0.1, 0.15) is 11.3 Å². The van der Waals surface area contributed by atoms with Gasteiger partial charge in [0.25, 0.3) is 9.05 Å². The third-order valence-corrected chi connectivity index (χ3v) is 3.60. The molecule has 21 heavy (non-hydrogen) atoms. The molecule has 13 heteroatoms. The summed E-state index contributed by atoms with van der Waals surface area (Å²) in [6.07, 6.45) is -10.7. The van der Waals surface area contributed by atoms with Crippen LogP contribution < -0.4 is 4.74 Å². The largest absolute Gasteiger partial charge is 0.574 e. The zero-order valence-corrected chi connectivity index (χ0v) is 11.7. The molecule has 0 aliphatic heterocycles. The number of rotatable bonds is 3. The number of nitrogens with zero attached hydrogens (tertiary/aromatic N) is 1. The van der Waals surface area contributed by atoms with Gasteiger partial charge in [0.2, 0.25) is 5.88 Å². The van der Waals surface area contributed by atoms with Crippen molar-refractivity contribution in [2.75, 3.05) is 0 Å². The predicted octanol–water partition coefficient (Wildman–Crippen LogP) is 3.67. The van der Waals surface area contributed by atoms with E-state index in [1.54, 1.807) is 0 Å². The smallest absolute Gasteiger partial charge is 0.388 e. The Morgan fingerprint density at radius 3 is 2.05 bits per heavy atom. The highest BCUT2D eigenvalue weighted by Gasteiger charge is 2.42. The van der Waals surface area contributed by atoms with E-state index in [2.05, 4.69) is 9.72 Å².